The van der Waals surface area contributed by atoms with Crippen LogP contribution in [0.25, 0.3) is 11.0 Å². The summed E-state index contributed by atoms with van der Waals surface area (Å²) in [5, 5.41) is 3.08. The first-order valence-electron chi connectivity index (χ1n) is 12.4. The number of rotatable bonds is 8. The molecule has 3 rings (SSSR count). The summed E-state index contributed by atoms with van der Waals surface area (Å²) in [6.07, 6.45) is 2.49. The van der Waals surface area contributed by atoms with E-state index in [9.17, 15) is 9.59 Å². The number of aromatic nitrogens is 2. The predicted octanol–water partition coefficient (Wildman–Crippen LogP) is 3.45. The Bertz CT molecular complexity index is 982. The van der Waals surface area contributed by atoms with E-state index >= 15 is 0 Å². The Kier molecular flexibility index (Phi) is 8.16. The zero-order chi connectivity index (χ0) is 24.2. The molecule has 1 saturated heterocycles. The van der Waals surface area contributed by atoms with Gasteiger partial charge in [0.15, 0.2) is 11.0 Å². The van der Waals surface area contributed by atoms with Gasteiger partial charge in [-0.15, -0.1) is 0 Å². The van der Waals surface area contributed by atoms with E-state index in [1.54, 1.807) is 0 Å². The summed E-state index contributed by atoms with van der Waals surface area (Å²) in [6.45, 7) is 17.3. The molecule has 0 saturated carbocycles. The van der Waals surface area contributed by atoms with E-state index in [2.05, 4.69) is 46.2 Å². The molecule has 182 valence electrons. The number of benzene rings is 1. The van der Waals surface area contributed by atoms with Crippen molar-refractivity contribution in [3.8, 4) is 0 Å². The van der Waals surface area contributed by atoms with Crippen molar-refractivity contribution in [2.45, 2.75) is 79.5 Å². The molecule has 0 spiro atoms. The van der Waals surface area contributed by atoms with Gasteiger partial charge in [0.1, 0.15) is 5.60 Å². The first-order valence-corrected chi connectivity index (χ1v) is 12.4. The van der Waals surface area contributed by atoms with Crippen LogP contribution < -0.4 is 9.88 Å². The summed E-state index contributed by atoms with van der Waals surface area (Å²) < 4.78 is 10.00. The standard InChI is InChI=1S/C26H40N4O3/c1-7-29-19(3)30(8-2)23-18-21(9-10-22(23)29)25(32)27-13-16-28-14-11-20(12-15-28)17-24(31)33-26(4,5)6/h9-10,18,20H,7-8,11-17H2,1-6H3/p+1. The molecule has 1 aromatic heterocycles. The van der Waals surface area contributed by atoms with Crippen molar-refractivity contribution in [2.75, 3.05) is 26.2 Å². The number of amides is 1. The van der Waals surface area contributed by atoms with Crippen LogP contribution in [0, 0.1) is 12.8 Å². The van der Waals surface area contributed by atoms with Crippen LogP contribution in [0.15, 0.2) is 18.2 Å². The van der Waals surface area contributed by atoms with E-state index in [4.69, 9.17) is 4.74 Å². The average Bonchev–Trinajstić information content (AvgIpc) is 3.03. The van der Waals surface area contributed by atoms with E-state index in [1.165, 1.54) is 11.3 Å². The van der Waals surface area contributed by atoms with Gasteiger partial charge in [0.05, 0.1) is 13.1 Å². The van der Waals surface area contributed by atoms with E-state index < -0.39 is 5.60 Å². The van der Waals surface area contributed by atoms with Crippen LogP contribution in [0.2, 0.25) is 0 Å². The number of fused-ring (bicyclic) bond motifs is 1. The molecule has 1 aliphatic heterocycles. The Morgan fingerprint density at radius 2 is 1.88 bits per heavy atom. The van der Waals surface area contributed by atoms with Gasteiger partial charge in [-0.05, 0) is 78.6 Å². The van der Waals surface area contributed by atoms with Gasteiger partial charge < -0.3 is 15.0 Å². The van der Waals surface area contributed by atoms with Gasteiger partial charge in [-0.25, -0.2) is 9.13 Å². The second kappa shape index (κ2) is 10.7. The Hall–Kier alpha value is -2.41. The molecular formula is C26H41N4O3+. The Labute approximate surface area is 198 Å². The number of carbonyl (C=O) groups is 2. The summed E-state index contributed by atoms with van der Waals surface area (Å²) in [7, 11) is 0. The molecule has 1 aromatic carbocycles. The highest BCUT2D eigenvalue weighted by Gasteiger charge is 2.25. The first kappa shape index (κ1) is 25.2. The van der Waals surface area contributed by atoms with Crippen LogP contribution in [0.5, 0.6) is 0 Å². The third kappa shape index (κ3) is 6.34. The fourth-order valence-corrected chi connectivity index (χ4v) is 4.86. The van der Waals surface area contributed by atoms with E-state index in [1.807, 2.05) is 32.9 Å². The molecular weight excluding hydrogens is 416 g/mol. The van der Waals surface area contributed by atoms with E-state index in [0.717, 1.165) is 51.1 Å². The lowest BCUT2D eigenvalue weighted by atomic mass is 9.93. The molecule has 7 heteroatoms. The Balaban J connectivity index is 1.47. The lowest BCUT2D eigenvalue weighted by Gasteiger charge is -2.32. The van der Waals surface area contributed by atoms with Crippen LogP contribution >= 0.6 is 0 Å². The third-order valence-corrected chi connectivity index (χ3v) is 6.53. The largest absolute Gasteiger partial charge is 0.460 e. The minimum atomic E-state index is -0.421. The number of esters is 1. The quantitative estimate of drug-likeness (QED) is 0.487. The van der Waals surface area contributed by atoms with Crippen molar-refractivity contribution in [2.24, 2.45) is 5.92 Å². The van der Waals surface area contributed by atoms with Gasteiger partial charge in [0.25, 0.3) is 11.7 Å². The third-order valence-electron chi connectivity index (χ3n) is 6.53. The number of likely N-dealkylation sites (tertiary alicyclic amines) is 1. The van der Waals surface area contributed by atoms with Gasteiger partial charge in [-0.3, -0.25) is 9.59 Å². The van der Waals surface area contributed by atoms with Crippen molar-refractivity contribution in [3.63, 3.8) is 0 Å². The zero-order valence-electron chi connectivity index (χ0n) is 21.2. The first-order chi connectivity index (χ1) is 15.6. The number of aryl methyl sites for hydroxylation is 2. The molecule has 1 N–H and O–H groups in total. The van der Waals surface area contributed by atoms with Crippen molar-refractivity contribution in [1.29, 1.82) is 0 Å². The Morgan fingerprint density at radius 1 is 1.18 bits per heavy atom. The molecule has 2 heterocycles. The second-order valence-electron chi connectivity index (χ2n) is 10.1. The summed E-state index contributed by atoms with van der Waals surface area (Å²) in [4.78, 5) is 27.2. The van der Waals surface area contributed by atoms with Crippen LogP contribution in [-0.4, -0.2) is 53.1 Å². The molecule has 0 atom stereocenters. The van der Waals surface area contributed by atoms with E-state index in [-0.39, 0.29) is 11.9 Å². The number of carbonyl (C=O) groups excluding carboxylic acids is 2. The second-order valence-corrected chi connectivity index (χ2v) is 10.1. The topological polar surface area (TPSA) is 67.5 Å². The van der Waals surface area contributed by atoms with Crippen molar-refractivity contribution in [3.05, 3.63) is 29.6 Å². The molecule has 0 unspecified atom stereocenters. The molecule has 2 aromatic rings. The van der Waals surface area contributed by atoms with Gasteiger partial charge in [0, 0.05) is 38.1 Å². The fraction of sp³-hybridized carbons (Fsp3) is 0.654. The van der Waals surface area contributed by atoms with Crippen molar-refractivity contribution in [1.82, 2.24) is 14.8 Å². The van der Waals surface area contributed by atoms with Crippen molar-refractivity contribution < 1.29 is 18.9 Å². The number of piperidine rings is 1. The van der Waals surface area contributed by atoms with E-state index in [0.29, 0.717) is 24.4 Å². The fourth-order valence-electron chi connectivity index (χ4n) is 4.86. The molecule has 33 heavy (non-hydrogen) atoms. The summed E-state index contributed by atoms with van der Waals surface area (Å²) in [5.41, 5.74) is 2.56. The van der Waals surface area contributed by atoms with Crippen LogP contribution in [0.4, 0.5) is 0 Å². The summed E-state index contributed by atoms with van der Waals surface area (Å²) in [5.74, 6) is 1.48. The molecule has 7 nitrogen and oxygen atoms in total. The molecule has 1 aliphatic rings. The monoisotopic (exact) mass is 457 g/mol. The maximum Gasteiger partial charge on any atom is 0.306 e. The maximum absolute atomic E-state index is 12.8. The lowest BCUT2D eigenvalue weighted by molar-refractivity contribution is -0.674. The number of nitrogens with one attached hydrogen (secondary N) is 1. The highest BCUT2D eigenvalue weighted by molar-refractivity contribution is 5.97. The smallest absolute Gasteiger partial charge is 0.306 e. The van der Waals surface area contributed by atoms with Crippen LogP contribution in [0.1, 0.15) is 70.1 Å². The molecule has 1 amide bonds. The van der Waals surface area contributed by atoms with Crippen molar-refractivity contribution >= 4 is 22.9 Å². The van der Waals surface area contributed by atoms with Crippen LogP contribution in [-0.2, 0) is 22.6 Å². The average molecular weight is 458 g/mol. The molecule has 0 aliphatic carbocycles. The zero-order valence-corrected chi connectivity index (χ0v) is 21.2. The number of ether oxygens (including phenoxy) is 1. The van der Waals surface area contributed by atoms with Gasteiger partial charge >= 0.3 is 5.97 Å². The van der Waals surface area contributed by atoms with Gasteiger partial charge in [-0.2, -0.15) is 0 Å². The predicted molar refractivity (Wildman–Crippen MR) is 130 cm³/mol. The summed E-state index contributed by atoms with van der Waals surface area (Å²) >= 11 is 0. The molecule has 0 radical (unpaired) electrons. The van der Waals surface area contributed by atoms with Gasteiger partial charge in [0.2, 0.25) is 0 Å². The normalized spacial score (nSPS) is 15.7. The van der Waals surface area contributed by atoms with Gasteiger partial charge in [-0.1, -0.05) is 0 Å². The lowest BCUT2D eigenvalue weighted by Crippen LogP contribution is -2.40. The number of hydrogen-bond donors (Lipinski definition) is 1. The SMILES string of the molecule is CCn1c(C)[n+](CC)c2ccc(C(=O)NCCN3CCC(CC(=O)OC(C)(C)C)CC3)cc21. The maximum atomic E-state index is 12.8. The minimum Gasteiger partial charge on any atom is -0.460 e. The number of imidazole rings is 1. The summed E-state index contributed by atoms with van der Waals surface area (Å²) in [6, 6.07) is 5.99. The van der Waals surface area contributed by atoms with Crippen LogP contribution in [0.3, 0.4) is 0 Å². The molecule has 0 bridgehead atoms. The molecule has 1 fully saturated rings. The minimum absolute atomic E-state index is 0.0266. The highest BCUT2D eigenvalue weighted by atomic mass is 16.6. The highest BCUT2D eigenvalue weighted by Crippen LogP contribution is 2.22. The number of hydrogen-bond acceptors (Lipinski definition) is 4. The Morgan fingerprint density at radius 3 is 2.48 bits per heavy atom. The number of nitrogens with zero attached hydrogens (tertiary/aromatic N) is 3.